The SMILES string of the molecule is CC(=O)c1cccc(NC(=O)[C@H]2Oc3ccccc3NC2=O)c1. The predicted molar refractivity (Wildman–Crippen MR) is 84.6 cm³/mol. The summed E-state index contributed by atoms with van der Waals surface area (Å²) in [5.41, 5.74) is 1.43. The molecule has 0 spiro atoms. The van der Waals surface area contributed by atoms with E-state index in [9.17, 15) is 14.4 Å². The first-order valence-corrected chi connectivity index (χ1v) is 7.03. The van der Waals surface area contributed by atoms with Crippen LogP contribution in [0.1, 0.15) is 17.3 Å². The molecular formula is C17H14N2O4. The molecule has 23 heavy (non-hydrogen) atoms. The third-order valence-corrected chi connectivity index (χ3v) is 3.40. The van der Waals surface area contributed by atoms with Crippen molar-refractivity contribution in [2.75, 3.05) is 10.6 Å². The third-order valence-electron chi connectivity index (χ3n) is 3.40. The summed E-state index contributed by atoms with van der Waals surface area (Å²) in [5.74, 6) is -0.812. The number of hydrogen-bond donors (Lipinski definition) is 2. The summed E-state index contributed by atoms with van der Waals surface area (Å²) in [6.07, 6.45) is -1.29. The van der Waals surface area contributed by atoms with Gasteiger partial charge in [0.2, 0.25) is 0 Å². The van der Waals surface area contributed by atoms with Gasteiger partial charge in [0, 0.05) is 11.3 Å². The highest BCUT2D eigenvalue weighted by Crippen LogP contribution is 2.29. The zero-order valence-electron chi connectivity index (χ0n) is 12.3. The second kappa shape index (κ2) is 5.92. The van der Waals surface area contributed by atoms with Gasteiger partial charge in [0.1, 0.15) is 5.75 Å². The molecular weight excluding hydrogens is 296 g/mol. The van der Waals surface area contributed by atoms with Gasteiger partial charge in [-0.05, 0) is 31.2 Å². The van der Waals surface area contributed by atoms with E-state index in [0.717, 1.165) is 0 Å². The molecule has 0 bridgehead atoms. The van der Waals surface area contributed by atoms with E-state index in [1.807, 2.05) is 0 Å². The zero-order valence-corrected chi connectivity index (χ0v) is 12.3. The van der Waals surface area contributed by atoms with Crippen LogP contribution in [-0.2, 0) is 9.59 Å². The van der Waals surface area contributed by atoms with Crippen molar-refractivity contribution >= 4 is 29.0 Å². The van der Waals surface area contributed by atoms with E-state index >= 15 is 0 Å². The standard InChI is InChI=1S/C17H14N2O4/c1-10(20)11-5-4-6-12(9-11)18-16(21)15-17(22)19-13-7-2-3-8-14(13)23-15/h2-9,15H,1H3,(H,18,21)(H,19,22)/t15-/m1/s1. The topological polar surface area (TPSA) is 84.5 Å². The highest BCUT2D eigenvalue weighted by Gasteiger charge is 2.33. The van der Waals surface area contributed by atoms with Crippen LogP contribution < -0.4 is 15.4 Å². The van der Waals surface area contributed by atoms with Crippen LogP contribution in [-0.4, -0.2) is 23.7 Å². The van der Waals surface area contributed by atoms with Crippen molar-refractivity contribution in [3.63, 3.8) is 0 Å². The van der Waals surface area contributed by atoms with Crippen molar-refractivity contribution in [3.8, 4) is 5.75 Å². The smallest absolute Gasteiger partial charge is 0.275 e. The fourth-order valence-corrected chi connectivity index (χ4v) is 2.25. The minimum Gasteiger partial charge on any atom is -0.468 e. The third kappa shape index (κ3) is 3.06. The van der Waals surface area contributed by atoms with Gasteiger partial charge in [-0.15, -0.1) is 0 Å². The van der Waals surface area contributed by atoms with Crippen molar-refractivity contribution in [1.82, 2.24) is 0 Å². The maximum absolute atomic E-state index is 12.3. The number of Topliss-reactive ketones (excluding diaryl/α,β-unsaturated/α-hetero) is 1. The normalized spacial score (nSPS) is 15.9. The molecule has 0 aromatic heterocycles. The maximum atomic E-state index is 12.3. The number of amides is 2. The highest BCUT2D eigenvalue weighted by molar-refractivity contribution is 6.15. The molecule has 1 aliphatic heterocycles. The lowest BCUT2D eigenvalue weighted by Gasteiger charge is -2.24. The van der Waals surface area contributed by atoms with Gasteiger partial charge in [0.25, 0.3) is 17.9 Å². The lowest BCUT2D eigenvalue weighted by molar-refractivity contribution is -0.133. The van der Waals surface area contributed by atoms with Gasteiger partial charge >= 0.3 is 0 Å². The predicted octanol–water partition coefficient (Wildman–Crippen LogP) is 2.23. The number of carbonyl (C=O) groups excluding carboxylic acids is 3. The Kier molecular flexibility index (Phi) is 3.80. The number of fused-ring (bicyclic) bond motifs is 1. The van der Waals surface area contributed by atoms with Crippen LogP contribution in [0.2, 0.25) is 0 Å². The monoisotopic (exact) mass is 310 g/mol. The summed E-state index contributed by atoms with van der Waals surface area (Å²) in [6, 6.07) is 13.4. The minimum atomic E-state index is -1.29. The zero-order chi connectivity index (χ0) is 16.4. The van der Waals surface area contributed by atoms with Crippen molar-refractivity contribution in [1.29, 1.82) is 0 Å². The van der Waals surface area contributed by atoms with E-state index in [2.05, 4.69) is 10.6 Å². The van der Waals surface area contributed by atoms with E-state index < -0.39 is 17.9 Å². The van der Waals surface area contributed by atoms with Gasteiger partial charge in [-0.3, -0.25) is 14.4 Å². The fourth-order valence-electron chi connectivity index (χ4n) is 2.25. The van der Waals surface area contributed by atoms with Crippen LogP contribution >= 0.6 is 0 Å². The number of anilines is 2. The number of rotatable bonds is 3. The van der Waals surface area contributed by atoms with Gasteiger partial charge in [-0.1, -0.05) is 24.3 Å². The van der Waals surface area contributed by atoms with Crippen molar-refractivity contribution in [2.24, 2.45) is 0 Å². The second-order valence-electron chi connectivity index (χ2n) is 5.11. The molecule has 0 saturated heterocycles. The number of ether oxygens (including phenoxy) is 1. The Bertz CT molecular complexity index is 801. The van der Waals surface area contributed by atoms with Crippen LogP contribution in [0.5, 0.6) is 5.75 Å². The Morgan fingerprint density at radius 1 is 1.13 bits per heavy atom. The number of carbonyl (C=O) groups is 3. The van der Waals surface area contributed by atoms with E-state index in [-0.39, 0.29) is 5.78 Å². The molecule has 6 heteroatoms. The average molecular weight is 310 g/mol. The molecule has 0 saturated carbocycles. The van der Waals surface area contributed by atoms with Crippen LogP contribution in [0.15, 0.2) is 48.5 Å². The molecule has 1 heterocycles. The molecule has 1 aliphatic rings. The number of hydrogen-bond acceptors (Lipinski definition) is 4. The van der Waals surface area contributed by atoms with E-state index in [1.54, 1.807) is 48.5 Å². The molecule has 2 aromatic carbocycles. The maximum Gasteiger partial charge on any atom is 0.275 e. The van der Waals surface area contributed by atoms with Gasteiger partial charge in [-0.25, -0.2) is 0 Å². The summed E-state index contributed by atoms with van der Waals surface area (Å²) in [7, 11) is 0. The molecule has 2 aromatic rings. The van der Waals surface area contributed by atoms with Crippen LogP contribution in [0.3, 0.4) is 0 Å². The quantitative estimate of drug-likeness (QED) is 0.672. The summed E-state index contributed by atoms with van der Waals surface area (Å²) >= 11 is 0. The number of ketones is 1. The van der Waals surface area contributed by atoms with Gasteiger partial charge in [0.05, 0.1) is 5.69 Å². The molecule has 6 nitrogen and oxygen atoms in total. The Hall–Kier alpha value is -3.15. The van der Waals surface area contributed by atoms with Gasteiger partial charge < -0.3 is 15.4 Å². The summed E-state index contributed by atoms with van der Waals surface area (Å²) in [6.45, 7) is 1.44. The van der Waals surface area contributed by atoms with E-state index in [0.29, 0.717) is 22.7 Å². The fraction of sp³-hybridized carbons (Fsp3) is 0.118. The number of benzene rings is 2. The lowest BCUT2D eigenvalue weighted by atomic mass is 10.1. The minimum absolute atomic E-state index is 0.110. The second-order valence-corrected chi connectivity index (χ2v) is 5.11. The number of para-hydroxylation sites is 2. The first kappa shape index (κ1) is 14.8. The average Bonchev–Trinajstić information content (AvgIpc) is 2.54. The van der Waals surface area contributed by atoms with Crippen molar-refractivity contribution in [2.45, 2.75) is 13.0 Å². The molecule has 0 unspecified atom stereocenters. The van der Waals surface area contributed by atoms with E-state index in [1.165, 1.54) is 6.92 Å². The number of nitrogens with one attached hydrogen (secondary N) is 2. The first-order chi connectivity index (χ1) is 11.0. The van der Waals surface area contributed by atoms with Gasteiger partial charge in [0.15, 0.2) is 5.78 Å². The van der Waals surface area contributed by atoms with Crippen molar-refractivity contribution < 1.29 is 19.1 Å². The molecule has 2 N–H and O–H groups in total. The highest BCUT2D eigenvalue weighted by atomic mass is 16.5. The summed E-state index contributed by atoms with van der Waals surface area (Å²) in [5, 5.41) is 5.22. The summed E-state index contributed by atoms with van der Waals surface area (Å²) in [4.78, 5) is 35.7. The lowest BCUT2D eigenvalue weighted by Crippen LogP contribution is -2.45. The summed E-state index contributed by atoms with van der Waals surface area (Å²) < 4.78 is 5.46. The van der Waals surface area contributed by atoms with Crippen LogP contribution in [0.25, 0.3) is 0 Å². The van der Waals surface area contributed by atoms with E-state index in [4.69, 9.17) is 4.74 Å². The molecule has 2 amide bonds. The first-order valence-electron chi connectivity index (χ1n) is 7.03. The van der Waals surface area contributed by atoms with Crippen LogP contribution in [0, 0.1) is 0 Å². The molecule has 0 radical (unpaired) electrons. The largest absolute Gasteiger partial charge is 0.468 e. The molecule has 1 atom stereocenters. The van der Waals surface area contributed by atoms with Gasteiger partial charge in [-0.2, -0.15) is 0 Å². The molecule has 0 fully saturated rings. The van der Waals surface area contributed by atoms with Crippen molar-refractivity contribution in [3.05, 3.63) is 54.1 Å². The Morgan fingerprint density at radius 2 is 1.91 bits per heavy atom. The van der Waals surface area contributed by atoms with Crippen LogP contribution in [0.4, 0.5) is 11.4 Å². The Labute approximate surface area is 132 Å². The molecule has 0 aliphatic carbocycles. The molecule has 116 valence electrons. The Morgan fingerprint density at radius 3 is 2.70 bits per heavy atom. The molecule has 3 rings (SSSR count). The Balaban J connectivity index is 1.77.